The molecule has 1 aliphatic carbocycles. The summed E-state index contributed by atoms with van der Waals surface area (Å²) in [6.07, 6.45) is -2.43. The molecule has 3 rings (SSSR count). The molecule has 2 nitrogen and oxygen atoms in total. The largest absolute Gasteiger partial charge is 0.434 e. The van der Waals surface area contributed by atoms with Crippen molar-refractivity contribution in [3.05, 3.63) is 47.3 Å². The second-order valence-corrected chi connectivity index (χ2v) is 4.89. The van der Waals surface area contributed by atoms with E-state index in [9.17, 15) is 13.2 Å². The van der Waals surface area contributed by atoms with E-state index in [1.807, 2.05) is 0 Å². The lowest BCUT2D eigenvalue weighted by Crippen LogP contribution is -2.14. The van der Waals surface area contributed by atoms with Gasteiger partial charge in [0, 0.05) is 16.9 Å². The summed E-state index contributed by atoms with van der Waals surface area (Å²) < 4.78 is 39.8. The molecule has 1 aromatic carbocycles. The molecule has 0 atom stereocenters. The Kier molecular flexibility index (Phi) is 2.92. The number of fused-ring (bicyclic) bond motifs is 1. The number of hydrogen-bond donors (Lipinski definition) is 1. The van der Waals surface area contributed by atoms with Crippen LogP contribution in [0.3, 0.4) is 0 Å². The molecule has 104 valence electrons. The monoisotopic (exact) mass is 278 g/mol. The van der Waals surface area contributed by atoms with Crippen molar-refractivity contribution >= 4 is 5.69 Å². The number of halogens is 3. The smallest absolute Gasteiger partial charge is 0.398 e. The summed E-state index contributed by atoms with van der Waals surface area (Å²) in [5.74, 6) is 0. The van der Waals surface area contributed by atoms with E-state index in [0.717, 1.165) is 12.0 Å². The van der Waals surface area contributed by atoms with Crippen LogP contribution in [0.2, 0.25) is 0 Å². The Hall–Kier alpha value is -2.04. The standard InChI is InChI=1S/C15H13F3N2/c16-15(17,18)14-12(9-5-2-1-3-6-9)13(19)10-7-4-8-11(10)20-14/h1-3,5-6H,4,7-8H2,(H2,19,20). The molecule has 1 aliphatic rings. The molecule has 2 N–H and O–H groups in total. The molecule has 0 fully saturated rings. The van der Waals surface area contributed by atoms with Crippen LogP contribution in [0.15, 0.2) is 30.3 Å². The van der Waals surface area contributed by atoms with Gasteiger partial charge in [-0.05, 0) is 30.4 Å². The van der Waals surface area contributed by atoms with E-state index < -0.39 is 11.9 Å². The lowest BCUT2D eigenvalue weighted by molar-refractivity contribution is -0.140. The number of nitrogen functional groups attached to an aromatic ring is 1. The molecule has 20 heavy (non-hydrogen) atoms. The Morgan fingerprint density at radius 2 is 1.75 bits per heavy atom. The van der Waals surface area contributed by atoms with Gasteiger partial charge in [-0.1, -0.05) is 30.3 Å². The normalized spacial score (nSPS) is 14.3. The minimum absolute atomic E-state index is 0.0127. The molecule has 1 heterocycles. The number of nitrogens with zero attached hydrogens (tertiary/aromatic N) is 1. The lowest BCUT2D eigenvalue weighted by atomic mass is 9.98. The van der Waals surface area contributed by atoms with Crippen molar-refractivity contribution in [1.82, 2.24) is 4.98 Å². The van der Waals surface area contributed by atoms with Crippen LogP contribution in [0.5, 0.6) is 0 Å². The molecule has 0 spiro atoms. The van der Waals surface area contributed by atoms with Crippen LogP contribution in [-0.4, -0.2) is 4.98 Å². The van der Waals surface area contributed by atoms with Crippen molar-refractivity contribution < 1.29 is 13.2 Å². The molecule has 2 aromatic rings. The van der Waals surface area contributed by atoms with Gasteiger partial charge in [-0.2, -0.15) is 13.2 Å². The Balaban J connectivity index is 2.32. The van der Waals surface area contributed by atoms with E-state index in [1.54, 1.807) is 30.3 Å². The highest BCUT2D eigenvalue weighted by molar-refractivity contribution is 5.81. The quantitative estimate of drug-likeness (QED) is 0.860. The number of rotatable bonds is 1. The van der Waals surface area contributed by atoms with Crippen molar-refractivity contribution in [1.29, 1.82) is 0 Å². The second kappa shape index (κ2) is 4.51. The summed E-state index contributed by atoms with van der Waals surface area (Å²) in [5, 5.41) is 0. The van der Waals surface area contributed by atoms with E-state index in [4.69, 9.17) is 5.73 Å². The predicted molar refractivity (Wildman–Crippen MR) is 71.1 cm³/mol. The van der Waals surface area contributed by atoms with E-state index in [-0.39, 0.29) is 11.3 Å². The van der Waals surface area contributed by atoms with E-state index in [0.29, 0.717) is 24.1 Å². The van der Waals surface area contributed by atoms with Crippen molar-refractivity contribution in [3.8, 4) is 11.1 Å². The van der Waals surface area contributed by atoms with Crippen LogP contribution in [-0.2, 0) is 19.0 Å². The number of aryl methyl sites for hydroxylation is 1. The van der Waals surface area contributed by atoms with Crippen molar-refractivity contribution in [2.45, 2.75) is 25.4 Å². The summed E-state index contributed by atoms with van der Waals surface area (Å²) >= 11 is 0. The topological polar surface area (TPSA) is 38.9 Å². The third kappa shape index (κ3) is 2.03. The first-order chi connectivity index (χ1) is 9.48. The molecular weight excluding hydrogens is 265 g/mol. The molecule has 5 heteroatoms. The number of alkyl halides is 3. The zero-order chi connectivity index (χ0) is 14.3. The maximum atomic E-state index is 13.3. The Morgan fingerprint density at radius 1 is 1.05 bits per heavy atom. The van der Waals surface area contributed by atoms with Crippen molar-refractivity contribution in [2.24, 2.45) is 0 Å². The van der Waals surface area contributed by atoms with Gasteiger partial charge in [0.05, 0.1) is 0 Å². The molecule has 0 unspecified atom stereocenters. The first kappa shape index (κ1) is 13.0. The highest BCUT2D eigenvalue weighted by Crippen LogP contribution is 2.42. The molecule has 0 saturated heterocycles. The highest BCUT2D eigenvalue weighted by atomic mass is 19.4. The fourth-order valence-electron chi connectivity index (χ4n) is 2.71. The molecule has 0 radical (unpaired) electrons. The third-order valence-corrected chi connectivity index (χ3v) is 3.60. The fraction of sp³-hybridized carbons (Fsp3) is 0.267. The van der Waals surface area contributed by atoms with E-state index >= 15 is 0 Å². The highest BCUT2D eigenvalue weighted by Gasteiger charge is 2.38. The van der Waals surface area contributed by atoms with Gasteiger partial charge < -0.3 is 5.73 Å². The van der Waals surface area contributed by atoms with E-state index in [2.05, 4.69) is 4.98 Å². The maximum Gasteiger partial charge on any atom is 0.434 e. The van der Waals surface area contributed by atoms with Gasteiger partial charge in [-0.3, -0.25) is 0 Å². The average molecular weight is 278 g/mol. The minimum atomic E-state index is -4.50. The zero-order valence-electron chi connectivity index (χ0n) is 10.7. The molecule has 0 aliphatic heterocycles. The summed E-state index contributed by atoms with van der Waals surface area (Å²) in [4.78, 5) is 3.86. The number of pyridine rings is 1. The molecule has 0 amide bonds. The van der Waals surface area contributed by atoms with Gasteiger partial charge in [0.25, 0.3) is 0 Å². The van der Waals surface area contributed by atoms with Crippen LogP contribution in [0, 0.1) is 0 Å². The Bertz CT molecular complexity index is 648. The van der Waals surface area contributed by atoms with Gasteiger partial charge in [-0.25, -0.2) is 4.98 Å². The predicted octanol–water partition coefficient (Wildman–Crippen LogP) is 3.84. The van der Waals surface area contributed by atoms with Crippen LogP contribution >= 0.6 is 0 Å². The van der Waals surface area contributed by atoms with Gasteiger partial charge in [0.15, 0.2) is 5.69 Å². The van der Waals surface area contributed by atoms with Crippen LogP contribution in [0.4, 0.5) is 18.9 Å². The van der Waals surface area contributed by atoms with Crippen molar-refractivity contribution in [3.63, 3.8) is 0 Å². The molecule has 0 bridgehead atoms. The number of hydrogen-bond acceptors (Lipinski definition) is 2. The third-order valence-electron chi connectivity index (χ3n) is 3.60. The Morgan fingerprint density at radius 3 is 2.40 bits per heavy atom. The van der Waals surface area contributed by atoms with Crippen LogP contribution in [0.25, 0.3) is 11.1 Å². The summed E-state index contributed by atoms with van der Waals surface area (Å²) in [6.45, 7) is 0. The van der Waals surface area contributed by atoms with E-state index in [1.165, 1.54) is 0 Å². The zero-order valence-corrected chi connectivity index (χ0v) is 10.7. The van der Waals surface area contributed by atoms with Gasteiger partial charge in [0.1, 0.15) is 0 Å². The number of anilines is 1. The second-order valence-electron chi connectivity index (χ2n) is 4.89. The van der Waals surface area contributed by atoms with Crippen molar-refractivity contribution in [2.75, 3.05) is 5.73 Å². The minimum Gasteiger partial charge on any atom is -0.398 e. The van der Waals surface area contributed by atoms with Crippen LogP contribution < -0.4 is 5.73 Å². The molecule has 0 saturated carbocycles. The summed E-state index contributed by atoms with van der Waals surface area (Å²) in [7, 11) is 0. The van der Waals surface area contributed by atoms with Crippen LogP contribution in [0.1, 0.15) is 23.4 Å². The van der Waals surface area contributed by atoms with Gasteiger partial charge in [0.2, 0.25) is 0 Å². The first-order valence-electron chi connectivity index (χ1n) is 6.42. The maximum absolute atomic E-state index is 13.3. The molecule has 1 aromatic heterocycles. The molecular formula is C15H13F3N2. The SMILES string of the molecule is Nc1c2c(nc(C(F)(F)F)c1-c1ccccc1)CCC2. The average Bonchev–Trinajstić information content (AvgIpc) is 2.87. The number of benzene rings is 1. The number of aromatic nitrogens is 1. The lowest BCUT2D eigenvalue weighted by Gasteiger charge is -2.17. The summed E-state index contributed by atoms with van der Waals surface area (Å²) in [5.41, 5.74) is 7.12. The van der Waals surface area contributed by atoms with Gasteiger partial charge in [-0.15, -0.1) is 0 Å². The fourth-order valence-corrected chi connectivity index (χ4v) is 2.71. The Labute approximate surface area is 114 Å². The number of nitrogens with two attached hydrogens (primary N) is 1. The first-order valence-corrected chi connectivity index (χ1v) is 6.42. The summed E-state index contributed by atoms with van der Waals surface area (Å²) in [6, 6.07) is 8.41. The van der Waals surface area contributed by atoms with Gasteiger partial charge >= 0.3 is 6.18 Å².